The van der Waals surface area contributed by atoms with Gasteiger partial charge in [0.25, 0.3) is 0 Å². The molecule has 2 aromatic rings. The Morgan fingerprint density at radius 1 is 1.45 bits per heavy atom. The second-order valence-electron chi connectivity index (χ2n) is 4.00. The number of aromatic nitrogens is 1. The van der Waals surface area contributed by atoms with E-state index in [1.165, 1.54) is 12.4 Å². The first-order valence-corrected chi connectivity index (χ1v) is 6.24. The average molecular weight is 293 g/mol. The van der Waals surface area contributed by atoms with Crippen molar-refractivity contribution in [2.45, 2.75) is 6.54 Å². The molecule has 2 N–H and O–H groups in total. The number of nitrogens with zero attached hydrogens (tertiary/aromatic N) is 1. The van der Waals surface area contributed by atoms with Gasteiger partial charge in [0.1, 0.15) is 11.3 Å². The molecular formula is C14H13ClN2O3. The molecule has 1 aromatic carbocycles. The van der Waals surface area contributed by atoms with E-state index in [-0.39, 0.29) is 5.56 Å². The van der Waals surface area contributed by atoms with Crippen molar-refractivity contribution < 1.29 is 14.6 Å². The van der Waals surface area contributed by atoms with Crippen molar-refractivity contribution in [2.24, 2.45) is 0 Å². The molecule has 0 fully saturated rings. The Morgan fingerprint density at radius 2 is 2.25 bits per heavy atom. The number of methoxy groups -OCH3 is 1. The summed E-state index contributed by atoms with van der Waals surface area (Å²) in [5, 5.41) is 12.7. The van der Waals surface area contributed by atoms with Crippen LogP contribution in [0.4, 0.5) is 5.69 Å². The standard InChI is InChI=1S/C14H13ClN2O3/c1-20-13-4-2-3-11(15)9(13)8-17-12-5-6-16-7-10(12)14(18)19/h2-7H,8H2,1H3,(H,16,17)(H,18,19). The van der Waals surface area contributed by atoms with Crippen molar-refractivity contribution in [2.75, 3.05) is 12.4 Å². The summed E-state index contributed by atoms with van der Waals surface area (Å²) < 4.78 is 5.24. The Morgan fingerprint density at radius 3 is 2.95 bits per heavy atom. The number of hydrogen-bond acceptors (Lipinski definition) is 4. The van der Waals surface area contributed by atoms with Gasteiger partial charge in [0.05, 0.1) is 12.8 Å². The Labute approximate surface area is 121 Å². The number of carboxylic acids is 1. The minimum atomic E-state index is -1.04. The summed E-state index contributed by atoms with van der Waals surface area (Å²) in [5.41, 5.74) is 1.36. The smallest absolute Gasteiger partial charge is 0.339 e. The Balaban J connectivity index is 2.24. The second kappa shape index (κ2) is 6.25. The van der Waals surface area contributed by atoms with Gasteiger partial charge in [0.2, 0.25) is 0 Å². The lowest BCUT2D eigenvalue weighted by atomic mass is 10.1. The van der Waals surface area contributed by atoms with E-state index in [0.29, 0.717) is 23.0 Å². The van der Waals surface area contributed by atoms with Crippen LogP contribution in [0.3, 0.4) is 0 Å². The number of aromatic carboxylic acids is 1. The van der Waals surface area contributed by atoms with Crippen molar-refractivity contribution in [1.82, 2.24) is 4.98 Å². The highest BCUT2D eigenvalue weighted by molar-refractivity contribution is 6.31. The van der Waals surface area contributed by atoms with Crippen molar-refractivity contribution in [3.63, 3.8) is 0 Å². The topological polar surface area (TPSA) is 71.5 Å². The highest BCUT2D eigenvalue weighted by Gasteiger charge is 2.12. The predicted octanol–water partition coefficient (Wildman–Crippen LogP) is 3.05. The van der Waals surface area contributed by atoms with Gasteiger partial charge in [-0.15, -0.1) is 0 Å². The molecule has 0 amide bonds. The van der Waals surface area contributed by atoms with E-state index in [2.05, 4.69) is 10.3 Å². The third-order valence-electron chi connectivity index (χ3n) is 2.80. The van der Waals surface area contributed by atoms with Crippen LogP contribution in [0.1, 0.15) is 15.9 Å². The van der Waals surface area contributed by atoms with Crippen LogP contribution in [-0.2, 0) is 6.54 Å². The zero-order valence-electron chi connectivity index (χ0n) is 10.8. The minimum absolute atomic E-state index is 0.110. The SMILES string of the molecule is COc1cccc(Cl)c1CNc1ccncc1C(=O)O. The first-order chi connectivity index (χ1) is 9.63. The van der Waals surface area contributed by atoms with Gasteiger partial charge in [-0.25, -0.2) is 4.79 Å². The molecule has 104 valence electrons. The molecule has 0 saturated carbocycles. The molecule has 0 radical (unpaired) electrons. The van der Waals surface area contributed by atoms with Crippen LogP contribution < -0.4 is 10.1 Å². The summed E-state index contributed by atoms with van der Waals surface area (Å²) in [6.07, 6.45) is 2.83. The van der Waals surface area contributed by atoms with Gasteiger partial charge < -0.3 is 15.2 Å². The molecule has 0 aliphatic carbocycles. The van der Waals surface area contributed by atoms with Crippen LogP contribution in [0.5, 0.6) is 5.75 Å². The molecule has 0 aliphatic rings. The summed E-state index contributed by atoms with van der Waals surface area (Å²) in [4.78, 5) is 14.9. The van der Waals surface area contributed by atoms with Gasteiger partial charge >= 0.3 is 5.97 Å². The number of carbonyl (C=O) groups is 1. The van der Waals surface area contributed by atoms with Gasteiger partial charge in [-0.1, -0.05) is 17.7 Å². The van der Waals surface area contributed by atoms with Crippen molar-refractivity contribution >= 4 is 23.3 Å². The van der Waals surface area contributed by atoms with E-state index >= 15 is 0 Å². The zero-order chi connectivity index (χ0) is 14.5. The fourth-order valence-electron chi connectivity index (χ4n) is 1.80. The van der Waals surface area contributed by atoms with Crippen LogP contribution in [-0.4, -0.2) is 23.2 Å². The summed E-state index contributed by atoms with van der Waals surface area (Å²) in [7, 11) is 1.56. The lowest BCUT2D eigenvalue weighted by Gasteiger charge is -2.13. The lowest BCUT2D eigenvalue weighted by Crippen LogP contribution is -2.08. The Hall–Kier alpha value is -2.27. The van der Waals surface area contributed by atoms with E-state index in [9.17, 15) is 4.79 Å². The number of pyridine rings is 1. The molecule has 0 atom stereocenters. The van der Waals surface area contributed by atoms with Gasteiger partial charge in [-0.3, -0.25) is 4.98 Å². The largest absolute Gasteiger partial charge is 0.496 e. The third kappa shape index (κ3) is 3.00. The fraction of sp³-hybridized carbons (Fsp3) is 0.143. The first-order valence-electron chi connectivity index (χ1n) is 5.86. The molecule has 0 saturated heterocycles. The van der Waals surface area contributed by atoms with E-state index in [1.807, 2.05) is 0 Å². The maximum atomic E-state index is 11.1. The highest BCUT2D eigenvalue weighted by atomic mass is 35.5. The van der Waals surface area contributed by atoms with Gasteiger partial charge in [-0.2, -0.15) is 0 Å². The molecule has 0 spiro atoms. The molecule has 1 heterocycles. The molecule has 1 aromatic heterocycles. The van der Waals surface area contributed by atoms with E-state index in [4.69, 9.17) is 21.4 Å². The molecule has 0 unspecified atom stereocenters. The van der Waals surface area contributed by atoms with Crippen LogP contribution >= 0.6 is 11.6 Å². The molecule has 2 rings (SSSR count). The van der Waals surface area contributed by atoms with Crippen LogP contribution in [0, 0.1) is 0 Å². The average Bonchev–Trinajstić information content (AvgIpc) is 2.46. The molecule has 0 aliphatic heterocycles. The predicted molar refractivity (Wildman–Crippen MR) is 76.5 cm³/mol. The normalized spacial score (nSPS) is 10.1. The molecule has 6 heteroatoms. The lowest BCUT2D eigenvalue weighted by molar-refractivity contribution is 0.0697. The number of carboxylic acid groups (broad SMARTS) is 1. The second-order valence-corrected chi connectivity index (χ2v) is 4.41. The third-order valence-corrected chi connectivity index (χ3v) is 3.16. The van der Waals surface area contributed by atoms with Crippen LogP contribution in [0.25, 0.3) is 0 Å². The van der Waals surface area contributed by atoms with Crippen molar-refractivity contribution in [3.05, 3.63) is 52.8 Å². The number of anilines is 1. The number of benzene rings is 1. The molecular weight excluding hydrogens is 280 g/mol. The van der Waals surface area contributed by atoms with Gasteiger partial charge in [0, 0.05) is 29.5 Å². The summed E-state index contributed by atoms with van der Waals surface area (Å²) in [5.74, 6) is -0.386. The first kappa shape index (κ1) is 14.1. The van der Waals surface area contributed by atoms with Crippen LogP contribution in [0.2, 0.25) is 5.02 Å². The van der Waals surface area contributed by atoms with Crippen molar-refractivity contribution in [3.8, 4) is 5.75 Å². The summed E-state index contributed by atoms with van der Waals surface area (Å²) in [6.45, 7) is 0.354. The quantitative estimate of drug-likeness (QED) is 0.886. The monoisotopic (exact) mass is 292 g/mol. The van der Waals surface area contributed by atoms with Gasteiger partial charge in [-0.05, 0) is 18.2 Å². The van der Waals surface area contributed by atoms with E-state index < -0.39 is 5.97 Å². The van der Waals surface area contributed by atoms with Crippen LogP contribution in [0.15, 0.2) is 36.7 Å². The van der Waals surface area contributed by atoms with E-state index in [1.54, 1.807) is 31.4 Å². The van der Waals surface area contributed by atoms with E-state index in [0.717, 1.165) is 5.56 Å². The zero-order valence-corrected chi connectivity index (χ0v) is 11.5. The number of hydrogen-bond donors (Lipinski definition) is 2. The number of halogens is 1. The van der Waals surface area contributed by atoms with Gasteiger partial charge in [0.15, 0.2) is 0 Å². The maximum absolute atomic E-state index is 11.1. The number of ether oxygens (including phenoxy) is 1. The number of nitrogens with one attached hydrogen (secondary N) is 1. The Bertz CT molecular complexity index is 632. The molecule has 20 heavy (non-hydrogen) atoms. The number of rotatable bonds is 5. The summed E-state index contributed by atoms with van der Waals surface area (Å²) in [6, 6.07) is 6.95. The maximum Gasteiger partial charge on any atom is 0.339 e. The highest BCUT2D eigenvalue weighted by Crippen LogP contribution is 2.27. The molecule has 0 bridgehead atoms. The fourth-order valence-corrected chi connectivity index (χ4v) is 2.04. The Kier molecular flexibility index (Phi) is 4.42. The molecule has 5 nitrogen and oxygen atoms in total. The minimum Gasteiger partial charge on any atom is -0.496 e. The van der Waals surface area contributed by atoms with Crippen molar-refractivity contribution in [1.29, 1.82) is 0 Å². The summed E-state index contributed by atoms with van der Waals surface area (Å²) >= 11 is 6.13.